The molecule has 1 N–H and O–H groups in total. The third kappa shape index (κ3) is 5.47. The van der Waals surface area contributed by atoms with Gasteiger partial charge in [0, 0.05) is 6.54 Å². The van der Waals surface area contributed by atoms with Crippen molar-refractivity contribution in [2.45, 2.75) is 32.6 Å². The van der Waals surface area contributed by atoms with Gasteiger partial charge in [-0.3, -0.25) is 0 Å². The number of ether oxygens (including phenoxy) is 2. The van der Waals surface area contributed by atoms with Crippen LogP contribution in [-0.4, -0.2) is 26.4 Å². The molecule has 0 saturated heterocycles. The van der Waals surface area contributed by atoms with Gasteiger partial charge in [-0.15, -0.1) is 0 Å². The Bertz CT molecular complexity index is 640. The lowest BCUT2D eigenvalue weighted by Crippen LogP contribution is -2.25. The van der Waals surface area contributed by atoms with Crippen molar-refractivity contribution in [3.8, 4) is 5.75 Å². The van der Waals surface area contributed by atoms with E-state index in [9.17, 15) is 4.79 Å². The lowest BCUT2D eigenvalue weighted by Gasteiger charge is -2.07. The summed E-state index contributed by atoms with van der Waals surface area (Å²) in [5.41, 5.74) is 1.35. The quantitative estimate of drug-likeness (QED) is 0.739. The van der Waals surface area contributed by atoms with Crippen molar-refractivity contribution < 1.29 is 14.3 Å². The number of unbranched alkanes of at least 4 members (excludes halogenated alkanes) is 2. The van der Waals surface area contributed by atoms with E-state index in [-0.39, 0.29) is 6.09 Å². The maximum atomic E-state index is 11.1. The fourth-order valence-corrected chi connectivity index (χ4v) is 2.56. The highest BCUT2D eigenvalue weighted by atomic mass is 16.5. The second-order valence-corrected chi connectivity index (χ2v) is 5.51. The molecule has 0 fully saturated rings. The molecule has 1 amide bonds. The predicted molar refractivity (Wildman–Crippen MR) is 93.1 cm³/mol. The molecule has 4 heteroatoms. The fraction of sp³-hybridized carbons (Fsp3) is 0.421. The van der Waals surface area contributed by atoms with Crippen LogP contribution >= 0.6 is 0 Å². The number of hydrogen-bond acceptors (Lipinski definition) is 3. The summed E-state index contributed by atoms with van der Waals surface area (Å²) in [6.45, 7) is 2.90. The van der Waals surface area contributed by atoms with Crippen LogP contribution in [0, 0.1) is 0 Å². The van der Waals surface area contributed by atoms with Gasteiger partial charge in [-0.25, -0.2) is 4.79 Å². The van der Waals surface area contributed by atoms with Gasteiger partial charge >= 0.3 is 6.09 Å². The molecule has 0 aliphatic heterocycles. The van der Waals surface area contributed by atoms with E-state index in [1.165, 1.54) is 16.3 Å². The van der Waals surface area contributed by atoms with Gasteiger partial charge in [0.25, 0.3) is 0 Å². The predicted octanol–water partition coefficient (Wildman–Crippen LogP) is 4.31. The monoisotopic (exact) mass is 315 g/mol. The molecule has 0 radical (unpaired) electrons. The topological polar surface area (TPSA) is 47.6 Å². The highest BCUT2D eigenvalue weighted by molar-refractivity contribution is 5.84. The molecule has 0 saturated carbocycles. The van der Waals surface area contributed by atoms with Crippen molar-refractivity contribution in [3.63, 3.8) is 0 Å². The van der Waals surface area contributed by atoms with E-state index >= 15 is 0 Å². The Hall–Kier alpha value is -2.23. The van der Waals surface area contributed by atoms with E-state index in [0.717, 1.165) is 31.4 Å². The third-order valence-electron chi connectivity index (χ3n) is 3.80. The Kier molecular flexibility index (Phi) is 6.73. The number of carbonyl (C=O) groups is 1. The van der Waals surface area contributed by atoms with Crippen molar-refractivity contribution >= 4 is 16.9 Å². The average Bonchev–Trinajstić information content (AvgIpc) is 2.57. The first-order valence-corrected chi connectivity index (χ1v) is 8.20. The van der Waals surface area contributed by atoms with Gasteiger partial charge < -0.3 is 14.8 Å². The van der Waals surface area contributed by atoms with Crippen LogP contribution in [-0.2, 0) is 11.2 Å². The Morgan fingerprint density at radius 3 is 2.61 bits per heavy atom. The first-order chi connectivity index (χ1) is 11.2. The maximum absolute atomic E-state index is 11.1. The third-order valence-corrected chi connectivity index (χ3v) is 3.80. The van der Waals surface area contributed by atoms with Crippen LogP contribution in [0.15, 0.2) is 36.4 Å². The molecule has 2 rings (SSSR count). The molecular weight excluding hydrogens is 290 g/mol. The molecule has 124 valence electrons. The van der Waals surface area contributed by atoms with Crippen LogP contribution in [0.3, 0.4) is 0 Å². The van der Waals surface area contributed by atoms with Crippen molar-refractivity contribution in [3.05, 3.63) is 42.0 Å². The molecule has 2 aromatic rings. The van der Waals surface area contributed by atoms with E-state index in [2.05, 4.69) is 35.6 Å². The molecule has 0 aromatic heterocycles. The Morgan fingerprint density at radius 2 is 1.83 bits per heavy atom. The number of amides is 1. The summed E-state index contributed by atoms with van der Waals surface area (Å²) < 4.78 is 10.1. The number of hydrogen-bond donors (Lipinski definition) is 1. The lowest BCUT2D eigenvalue weighted by molar-refractivity contribution is 0.152. The van der Waals surface area contributed by atoms with E-state index in [4.69, 9.17) is 9.47 Å². The van der Waals surface area contributed by atoms with Gasteiger partial charge in [0.15, 0.2) is 0 Å². The molecule has 0 aliphatic carbocycles. The molecule has 0 atom stereocenters. The number of carbonyl (C=O) groups excluding carboxylic acids is 1. The van der Waals surface area contributed by atoms with Gasteiger partial charge in [0.2, 0.25) is 0 Å². The fourth-order valence-electron chi connectivity index (χ4n) is 2.56. The Morgan fingerprint density at radius 1 is 1.04 bits per heavy atom. The molecular formula is C19H25NO3. The SMILES string of the molecule is CCOC(=O)NCCCCCc1ccc2cc(OC)ccc2c1. The van der Waals surface area contributed by atoms with Gasteiger partial charge in [0.1, 0.15) is 5.75 Å². The van der Waals surface area contributed by atoms with E-state index in [1.807, 2.05) is 6.07 Å². The van der Waals surface area contributed by atoms with Gasteiger partial charge in [0.05, 0.1) is 13.7 Å². The smallest absolute Gasteiger partial charge is 0.407 e. The normalized spacial score (nSPS) is 10.5. The van der Waals surface area contributed by atoms with Crippen molar-refractivity contribution in [1.29, 1.82) is 0 Å². The second-order valence-electron chi connectivity index (χ2n) is 5.51. The van der Waals surface area contributed by atoms with Gasteiger partial charge in [-0.2, -0.15) is 0 Å². The zero-order valence-corrected chi connectivity index (χ0v) is 13.9. The first kappa shape index (κ1) is 17.1. The second kappa shape index (κ2) is 9.03. The van der Waals surface area contributed by atoms with Crippen LogP contribution in [0.25, 0.3) is 10.8 Å². The summed E-state index contributed by atoms with van der Waals surface area (Å²) in [7, 11) is 1.69. The van der Waals surface area contributed by atoms with E-state index in [0.29, 0.717) is 13.2 Å². The standard InChI is InChI=1S/C19H25NO3/c1-3-23-19(21)20-12-6-4-5-7-15-8-9-17-14-18(22-2)11-10-16(17)13-15/h8-11,13-14H,3-7,12H2,1-2H3,(H,20,21). The van der Waals surface area contributed by atoms with Crippen LogP contribution in [0.1, 0.15) is 31.7 Å². The average molecular weight is 315 g/mol. The van der Waals surface area contributed by atoms with Crippen LogP contribution < -0.4 is 10.1 Å². The van der Waals surface area contributed by atoms with Crippen LogP contribution in [0.2, 0.25) is 0 Å². The molecule has 0 heterocycles. The summed E-state index contributed by atoms with van der Waals surface area (Å²) in [6.07, 6.45) is 3.92. The molecule has 2 aromatic carbocycles. The number of benzene rings is 2. The minimum absolute atomic E-state index is 0.322. The number of rotatable bonds is 8. The van der Waals surface area contributed by atoms with Crippen LogP contribution in [0.4, 0.5) is 4.79 Å². The first-order valence-electron chi connectivity index (χ1n) is 8.20. The summed E-state index contributed by atoms with van der Waals surface area (Å²) in [5.74, 6) is 0.888. The minimum atomic E-state index is -0.322. The number of fused-ring (bicyclic) bond motifs is 1. The largest absolute Gasteiger partial charge is 0.497 e. The number of nitrogens with one attached hydrogen (secondary N) is 1. The summed E-state index contributed by atoms with van der Waals surface area (Å²) in [4.78, 5) is 11.1. The summed E-state index contributed by atoms with van der Waals surface area (Å²) in [6, 6.07) is 12.7. The Labute approximate surface area is 137 Å². The van der Waals surface area contributed by atoms with E-state index < -0.39 is 0 Å². The van der Waals surface area contributed by atoms with Crippen molar-refractivity contribution in [2.75, 3.05) is 20.3 Å². The molecule has 0 unspecified atom stereocenters. The van der Waals surface area contributed by atoms with Crippen molar-refractivity contribution in [2.24, 2.45) is 0 Å². The lowest BCUT2D eigenvalue weighted by atomic mass is 10.0. The zero-order chi connectivity index (χ0) is 16.5. The summed E-state index contributed by atoms with van der Waals surface area (Å²) >= 11 is 0. The van der Waals surface area contributed by atoms with Crippen LogP contribution in [0.5, 0.6) is 5.75 Å². The molecule has 0 aliphatic rings. The number of aryl methyl sites for hydroxylation is 1. The molecule has 23 heavy (non-hydrogen) atoms. The number of alkyl carbamates (subject to hydrolysis) is 1. The summed E-state index contributed by atoms with van der Waals surface area (Å²) in [5, 5.41) is 5.19. The highest BCUT2D eigenvalue weighted by Crippen LogP contribution is 2.22. The zero-order valence-electron chi connectivity index (χ0n) is 13.9. The van der Waals surface area contributed by atoms with E-state index in [1.54, 1.807) is 14.0 Å². The highest BCUT2D eigenvalue weighted by Gasteiger charge is 2.01. The van der Waals surface area contributed by atoms with Gasteiger partial charge in [-0.1, -0.05) is 30.7 Å². The number of methoxy groups -OCH3 is 1. The molecule has 0 bridgehead atoms. The molecule has 0 spiro atoms. The Balaban J connectivity index is 1.73. The molecule has 4 nitrogen and oxygen atoms in total. The minimum Gasteiger partial charge on any atom is -0.497 e. The van der Waals surface area contributed by atoms with Gasteiger partial charge in [-0.05, 0) is 54.7 Å². The van der Waals surface area contributed by atoms with Crippen molar-refractivity contribution in [1.82, 2.24) is 5.32 Å². The maximum Gasteiger partial charge on any atom is 0.407 e.